The van der Waals surface area contributed by atoms with E-state index in [2.05, 4.69) is 47.9 Å². The van der Waals surface area contributed by atoms with Crippen LogP contribution in [0, 0.1) is 0 Å². The zero-order valence-electron chi connectivity index (χ0n) is 16.8. The standard InChI is InChI=1S/C23H36N2O/c1-20(2)12-17-25-16-8-9-21-19-22(10-11-23(21)25)26-18-7-6-15-24-13-4-3-5-14-24/h10-12,19H,3-9,13-18H2,1-2H3. The number of allylic oxidation sites excluding steroid dienone is 1. The van der Waals surface area contributed by atoms with E-state index in [1.165, 1.54) is 75.0 Å². The second-order valence-corrected chi connectivity index (χ2v) is 8.08. The van der Waals surface area contributed by atoms with Crippen molar-refractivity contribution in [2.75, 3.05) is 44.2 Å². The van der Waals surface area contributed by atoms with E-state index in [-0.39, 0.29) is 0 Å². The molecule has 0 N–H and O–H groups in total. The molecule has 1 fully saturated rings. The molecule has 1 saturated heterocycles. The summed E-state index contributed by atoms with van der Waals surface area (Å²) in [6, 6.07) is 6.69. The molecule has 144 valence electrons. The van der Waals surface area contributed by atoms with Crippen LogP contribution in [0.3, 0.4) is 0 Å². The number of rotatable bonds is 8. The molecule has 0 radical (unpaired) electrons. The van der Waals surface area contributed by atoms with Crippen molar-refractivity contribution in [1.29, 1.82) is 0 Å². The van der Waals surface area contributed by atoms with E-state index >= 15 is 0 Å². The van der Waals surface area contributed by atoms with Crippen LogP contribution in [0.25, 0.3) is 0 Å². The zero-order chi connectivity index (χ0) is 18.2. The molecule has 0 unspecified atom stereocenters. The van der Waals surface area contributed by atoms with Crippen molar-refractivity contribution < 1.29 is 4.74 Å². The number of ether oxygens (including phenoxy) is 1. The Labute approximate surface area is 160 Å². The first-order valence-electron chi connectivity index (χ1n) is 10.6. The van der Waals surface area contributed by atoms with E-state index in [0.29, 0.717) is 0 Å². The first-order valence-corrected chi connectivity index (χ1v) is 10.6. The molecule has 1 aromatic rings. The molecule has 3 rings (SSSR count). The number of aryl methyl sites for hydroxylation is 1. The number of piperidine rings is 1. The summed E-state index contributed by atoms with van der Waals surface area (Å²) in [6.07, 6.45) is 11.3. The summed E-state index contributed by atoms with van der Waals surface area (Å²) >= 11 is 0. The van der Waals surface area contributed by atoms with Crippen LogP contribution in [0.2, 0.25) is 0 Å². The van der Waals surface area contributed by atoms with Crippen molar-refractivity contribution in [2.45, 2.75) is 58.8 Å². The first-order chi connectivity index (χ1) is 12.7. The molecule has 0 aliphatic carbocycles. The van der Waals surface area contributed by atoms with Crippen LogP contribution < -0.4 is 9.64 Å². The summed E-state index contributed by atoms with van der Waals surface area (Å²) in [4.78, 5) is 5.11. The molecule has 3 nitrogen and oxygen atoms in total. The van der Waals surface area contributed by atoms with Gasteiger partial charge in [-0.3, -0.25) is 0 Å². The number of anilines is 1. The largest absolute Gasteiger partial charge is 0.494 e. The van der Waals surface area contributed by atoms with E-state index in [4.69, 9.17) is 4.74 Å². The third kappa shape index (κ3) is 5.77. The van der Waals surface area contributed by atoms with E-state index in [9.17, 15) is 0 Å². The third-order valence-electron chi connectivity index (χ3n) is 5.57. The second-order valence-electron chi connectivity index (χ2n) is 8.08. The van der Waals surface area contributed by atoms with Crippen LogP contribution in [0.1, 0.15) is 57.9 Å². The van der Waals surface area contributed by atoms with Crippen LogP contribution in [0.15, 0.2) is 29.8 Å². The maximum Gasteiger partial charge on any atom is 0.119 e. The SMILES string of the molecule is CC(C)=CCN1CCCc2cc(OCCCCN3CCCCC3)ccc21. The lowest BCUT2D eigenvalue weighted by molar-refractivity contribution is 0.216. The third-order valence-corrected chi connectivity index (χ3v) is 5.57. The Balaban J connectivity index is 1.44. The molecule has 26 heavy (non-hydrogen) atoms. The number of likely N-dealkylation sites (tertiary alicyclic amines) is 1. The number of hydrogen-bond acceptors (Lipinski definition) is 3. The summed E-state index contributed by atoms with van der Waals surface area (Å²) in [5.41, 5.74) is 4.23. The molecule has 3 heteroatoms. The van der Waals surface area contributed by atoms with E-state index in [1.54, 1.807) is 0 Å². The number of unbranched alkanes of at least 4 members (excludes halogenated alkanes) is 1. The molecule has 0 aromatic heterocycles. The molecule has 2 heterocycles. The fourth-order valence-electron chi connectivity index (χ4n) is 4.03. The average Bonchev–Trinajstić information content (AvgIpc) is 2.66. The topological polar surface area (TPSA) is 15.7 Å². The van der Waals surface area contributed by atoms with Gasteiger partial charge in [-0.05, 0) is 95.8 Å². The Morgan fingerprint density at radius 2 is 1.88 bits per heavy atom. The van der Waals surface area contributed by atoms with Gasteiger partial charge in [-0.15, -0.1) is 0 Å². The number of fused-ring (bicyclic) bond motifs is 1. The number of nitrogens with zero attached hydrogens (tertiary/aromatic N) is 2. The summed E-state index contributed by atoms with van der Waals surface area (Å²) in [5, 5.41) is 0. The smallest absolute Gasteiger partial charge is 0.119 e. The highest BCUT2D eigenvalue weighted by atomic mass is 16.5. The van der Waals surface area contributed by atoms with Crippen molar-refractivity contribution in [1.82, 2.24) is 4.90 Å². The first kappa shape index (κ1) is 19.3. The van der Waals surface area contributed by atoms with Gasteiger partial charge in [0.05, 0.1) is 6.61 Å². The summed E-state index contributed by atoms with van der Waals surface area (Å²) in [6.45, 7) is 11.2. The van der Waals surface area contributed by atoms with Gasteiger partial charge in [0.2, 0.25) is 0 Å². The predicted octanol–water partition coefficient (Wildman–Crippen LogP) is 5.05. The van der Waals surface area contributed by atoms with Crippen LogP contribution in [-0.2, 0) is 6.42 Å². The van der Waals surface area contributed by atoms with Crippen molar-refractivity contribution >= 4 is 5.69 Å². The normalized spacial score (nSPS) is 17.7. The van der Waals surface area contributed by atoms with Crippen LogP contribution >= 0.6 is 0 Å². The van der Waals surface area contributed by atoms with Crippen LogP contribution in [0.4, 0.5) is 5.69 Å². The zero-order valence-corrected chi connectivity index (χ0v) is 16.8. The average molecular weight is 357 g/mol. The fourth-order valence-corrected chi connectivity index (χ4v) is 4.03. The van der Waals surface area contributed by atoms with Gasteiger partial charge in [0.25, 0.3) is 0 Å². The minimum absolute atomic E-state index is 0.841. The van der Waals surface area contributed by atoms with Gasteiger partial charge in [0, 0.05) is 18.8 Å². The number of benzene rings is 1. The van der Waals surface area contributed by atoms with Gasteiger partial charge >= 0.3 is 0 Å². The quantitative estimate of drug-likeness (QED) is 0.479. The highest BCUT2D eigenvalue weighted by Crippen LogP contribution is 2.30. The van der Waals surface area contributed by atoms with Crippen molar-refractivity contribution in [2.24, 2.45) is 0 Å². The Kier molecular flexibility index (Phi) is 7.43. The predicted molar refractivity (Wildman–Crippen MR) is 111 cm³/mol. The summed E-state index contributed by atoms with van der Waals surface area (Å²) in [7, 11) is 0. The van der Waals surface area contributed by atoms with Gasteiger partial charge in [-0.25, -0.2) is 0 Å². The van der Waals surface area contributed by atoms with E-state index in [0.717, 1.165) is 31.9 Å². The Hall–Kier alpha value is -1.48. The minimum Gasteiger partial charge on any atom is -0.494 e. The molecule has 0 saturated carbocycles. The number of hydrogen-bond donors (Lipinski definition) is 0. The lowest BCUT2D eigenvalue weighted by Crippen LogP contribution is -2.30. The highest BCUT2D eigenvalue weighted by Gasteiger charge is 2.16. The molecular formula is C23H36N2O. The Morgan fingerprint density at radius 3 is 2.69 bits per heavy atom. The molecule has 0 amide bonds. The molecule has 0 spiro atoms. The lowest BCUT2D eigenvalue weighted by Gasteiger charge is -2.31. The molecule has 2 aliphatic heterocycles. The van der Waals surface area contributed by atoms with Crippen molar-refractivity contribution in [3.8, 4) is 5.75 Å². The van der Waals surface area contributed by atoms with Crippen LogP contribution in [0.5, 0.6) is 5.75 Å². The van der Waals surface area contributed by atoms with Crippen molar-refractivity contribution in [3.05, 3.63) is 35.4 Å². The summed E-state index contributed by atoms with van der Waals surface area (Å²) < 4.78 is 6.05. The second kappa shape index (κ2) is 10.0. The fraction of sp³-hybridized carbons (Fsp3) is 0.652. The minimum atomic E-state index is 0.841. The Morgan fingerprint density at radius 1 is 1.04 bits per heavy atom. The van der Waals surface area contributed by atoms with Gasteiger partial charge in [0.1, 0.15) is 5.75 Å². The molecule has 1 aromatic carbocycles. The lowest BCUT2D eigenvalue weighted by atomic mass is 10.0. The van der Waals surface area contributed by atoms with Gasteiger partial charge in [-0.1, -0.05) is 18.1 Å². The van der Waals surface area contributed by atoms with Gasteiger partial charge in [-0.2, -0.15) is 0 Å². The summed E-state index contributed by atoms with van der Waals surface area (Å²) in [5.74, 6) is 1.05. The maximum atomic E-state index is 6.05. The molecule has 0 atom stereocenters. The monoisotopic (exact) mass is 356 g/mol. The maximum absolute atomic E-state index is 6.05. The molecule has 0 bridgehead atoms. The van der Waals surface area contributed by atoms with Gasteiger partial charge in [0.15, 0.2) is 0 Å². The van der Waals surface area contributed by atoms with Crippen LogP contribution in [-0.4, -0.2) is 44.2 Å². The van der Waals surface area contributed by atoms with E-state index < -0.39 is 0 Å². The van der Waals surface area contributed by atoms with E-state index in [1.807, 2.05) is 0 Å². The van der Waals surface area contributed by atoms with Gasteiger partial charge < -0.3 is 14.5 Å². The Bertz CT molecular complexity index is 586. The molecular weight excluding hydrogens is 320 g/mol. The van der Waals surface area contributed by atoms with Crippen molar-refractivity contribution in [3.63, 3.8) is 0 Å². The highest BCUT2D eigenvalue weighted by molar-refractivity contribution is 5.58. The molecule has 2 aliphatic rings.